The van der Waals surface area contributed by atoms with Crippen LogP contribution in [0, 0.1) is 13.8 Å². The first-order chi connectivity index (χ1) is 11.1. The summed E-state index contributed by atoms with van der Waals surface area (Å²) >= 11 is 0. The van der Waals surface area contributed by atoms with Gasteiger partial charge in [0, 0.05) is 31.9 Å². The molecular weight excluding hydrogens is 290 g/mol. The van der Waals surface area contributed by atoms with Crippen molar-refractivity contribution in [3.05, 3.63) is 35.7 Å². The van der Waals surface area contributed by atoms with Crippen molar-refractivity contribution in [3.63, 3.8) is 0 Å². The van der Waals surface area contributed by atoms with E-state index in [-0.39, 0.29) is 0 Å². The van der Waals surface area contributed by atoms with E-state index in [2.05, 4.69) is 57.2 Å². The zero-order chi connectivity index (χ0) is 16.4. The third-order valence-corrected chi connectivity index (χ3v) is 4.50. The maximum Gasteiger partial charge on any atom is 0.168 e. The van der Waals surface area contributed by atoms with Crippen LogP contribution in [0.1, 0.15) is 11.1 Å². The minimum Gasteiger partial charge on any atom is -0.393 e. The number of benzene rings is 1. The van der Waals surface area contributed by atoms with E-state index in [9.17, 15) is 0 Å². The van der Waals surface area contributed by atoms with Crippen molar-refractivity contribution in [1.82, 2.24) is 9.97 Å². The second-order valence-corrected chi connectivity index (χ2v) is 5.80. The first-order valence-corrected chi connectivity index (χ1v) is 7.75. The molecule has 0 aliphatic carbocycles. The van der Waals surface area contributed by atoms with Crippen molar-refractivity contribution in [2.75, 3.05) is 47.1 Å². The second kappa shape index (κ2) is 6.29. The molecule has 1 aliphatic heterocycles. The minimum absolute atomic E-state index is 0.465. The summed E-state index contributed by atoms with van der Waals surface area (Å²) in [7, 11) is 0. The molecule has 7 nitrogen and oxygen atoms in total. The highest BCUT2D eigenvalue weighted by molar-refractivity contribution is 5.74. The van der Waals surface area contributed by atoms with Crippen LogP contribution in [0.2, 0.25) is 0 Å². The SMILES string of the molecule is Cc1cccc(N2CCN(c3ncnc(NN)c3N)CC2)c1C. The number of aromatic nitrogens is 2. The van der Waals surface area contributed by atoms with Crippen LogP contribution in [-0.4, -0.2) is 36.1 Å². The van der Waals surface area contributed by atoms with Gasteiger partial charge in [-0.1, -0.05) is 12.1 Å². The molecule has 3 rings (SSSR count). The van der Waals surface area contributed by atoms with Gasteiger partial charge in [0.1, 0.15) is 12.0 Å². The van der Waals surface area contributed by atoms with Gasteiger partial charge in [0.25, 0.3) is 0 Å². The standard InChI is InChI=1S/C16H23N7/c1-11-4-3-5-13(12(11)2)22-6-8-23(9-7-22)16-14(17)15(21-18)19-10-20-16/h3-5,10H,6-9,17-18H2,1-2H3,(H,19,20,21). The first-order valence-electron chi connectivity index (χ1n) is 7.75. The number of nitrogen functional groups attached to an aromatic ring is 2. The van der Waals surface area contributed by atoms with E-state index in [1.54, 1.807) is 0 Å². The van der Waals surface area contributed by atoms with E-state index in [0.29, 0.717) is 11.5 Å². The molecular formula is C16H23N7. The molecule has 0 atom stereocenters. The Morgan fingerprint density at radius 1 is 1.04 bits per heavy atom. The summed E-state index contributed by atoms with van der Waals surface area (Å²) in [6.07, 6.45) is 1.48. The third kappa shape index (κ3) is 2.87. The van der Waals surface area contributed by atoms with Crippen LogP contribution in [0.5, 0.6) is 0 Å². The Balaban J connectivity index is 1.75. The maximum atomic E-state index is 6.09. The lowest BCUT2D eigenvalue weighted by Gasteiger charge is -2.38. The predicted octanol–water partition coefficient (Wildman–Crippen LogP) is 1.29. The molecule has 0 unspecified atom stereocenters. The van der Waals surface area contributed by atoms with Crippen LogP contribution in [0.15, 0.2) is 24.5 Å². The zero-order valence-electron chi connectivity index (χ0n) is 13.6. The molecule has 0 spiro atoms. The summed E-state index contributed by atoms with van der Waals surface area (Å²) < 4.78 is 0. The fourth-order valence-corrected chi connectivity index (χ4v) is 2.99. The Morgan fingerprint density at radius 3 is 2.43 bits per heavy atom. The van der Waals surface area contributed by atoms with E-state index in [0.717, 1.165) is 32.0 Å². The van der Waals surface area contributed by atoms with Gasteiger partial charge in [-0.15, -0.1) is 0 Å². The smallest absolute Gasteiger partial charge is 0.168 e. The molecule has 0 bridgehead atoms. The van der Waals surface area contributed by atoms with Crippen LogP contribution >= 0.6 is 0 Å². The molecule has 7 heteroatoms. The van der Waals surface area contributed by atoms with Crippen LogP contribution in [0.25, 0.3) is 0 Å². The van der Waals surface area contributed by atoms with E-state index in [1.807, 2.05) is 0 Å². The molecule has 122 valence electrons. The van der Waals surface area contributed by atoms with Crippen LogP contribution in [0.3, 0.4) is 0 Å². The van der Waals surface area contributed by atoms with Crippen LogP contribution in [-0.2, 0) is 0 Å². The summed E-state index contributed by atoms with van der Waals surface area (Å²) in [5.41, 5.74) is 13.1. The van der Waals surface area contributed by atoms with Crippen LogP contribution in [0.4, 0.5) is 23.0 Å². The second-order valence-electron chi connectivity index (χ2n) is 5.80. The lowest BCUT2D eigenvalue weighted by molar-refractivity contribution is 0.646. The number of hydrogen-bond donors (Lipinski definition) is 3. The molecule has 0 amide bonds. The number of aryl methyl sites for hydroxylation is 1. The average molecular weight is 313 g/mol. The van der Waals surface area contributed by atoms with Crippen molar-refractivity contribution in [1.29, 1.82) is 0 Å². The van der Waals surface area contributed by atoms with Crippen molar-refractivity contribution < 1.29 is 0 Å². The number of hydrogen-bond acceptors (Lipinski definition) is 7. The van der Waals surface area contributed by atoms with Crippen molar-refractivity contribution >= 4 is 23.0 Å². The van der Waals surface area contributed by atoms with Gasteiger partial charge in [-0.05, 0) is 31.0 Å². The summed E-state index contributed by atoms with van der Waals surface area (Å²) in [4.78, 5) is 12.9. The topological polar surface area (TPSA) is 96.3 Å². The van der Waals surface area contributed by atoms with Crippen molar-refractivity contribution in [2.45, 2.75) is 13.8 Å². The molecule has 1 aromatic carbocycles. The van der Waals surface area contributed by atoms with Gasteiger partial charge >= 0.3 is 0 Å². The minimum atomic E-state index is 0.465. The van der Waals surface area contributed by atoms with E-state index in [1.165, 1.54) is 23.1 Å². The van der Waals surface area contributed by atoms with Gasteiger partial charge in [0.15, 0.2) is 11.6 Å². The normalized spacial score (nSPS) is 14.9. The highest BCUT2D eigenvalue weighted by Gasteiger charge is 2.22. The van der Waals surface area contributed by atoms with E-state index < -0.39 is 0 Å². The monoisotopic (exact) mass is 313 g/mol. The summed E-state index contributed by atoms with van der Waals surface area (Å²) in [6, 6.07) is 6.46. The first kappa shape index (κ1) is 15.4. The Bertz CT molecular complexity index is 693. The Hall–Kier alpha value is -2.54. The molecule has 0 saturated carbocycles. The number of hydrazine groups is 1. The number of nitrogens with zero attached hydrogens (tertiary/aromatic N) is 4. The maximum absolute atomic E-state index is 6.09. The van der Waals surface area contributed by atoms with Gasteiger partial charge < -0.3 is 21.0 Å². The van der Waals surface area contributed by atoms with Crippen molar-refractivity contribution in [2.24, 2.45) is 5.84 Å². The molecule has 5 N–H and O–H groups in total. The van der Waals surface area contributed by atoms with Gasteiger partial charge in [-0.3, -0.25) is 0 Å². The molecule has 2 aromatic rings. The number of piperazine rings is 1. The molecule has 1 aliphatic rings. The quantitative estimate of drug-likeness (QED) is 0.580. The summed E-state index contributed by atoms with van der Waals surface area (Å²) in [5.74, 6) is 6.64. The van der Waals surface area contributed by atoms with E-state index >= 15 is 0 Å². The van der Waals surface area contributed by atoms with Gasteiger partial charge in [0.05, 0.1) is 0 Å². The molecule has 0 radical (unpaired) electrons. The fraction of sp³-hybridized carbons (Fsp3) is 0.375. The summed E-state index contributed by atoms with van der Waals surface area (Å²) in [6.45, 7) is 7.91. The highest BCUT2D eigenvalue weighted by atomic mass is 15.3. The average Bonchev–Trinajstić information content (AvgIpc) is 2.58. The summed E-state index contributed by atoms with van der Waals surface area (Å²) in [5, 5.41) is 0. The third-order valence-electron chi connectivity index (χ3n) is 4.50. The highest BCUT2D eigenvalue weighted by Crippen LogP contribution is 2.28. The van der Waals surface area contributed by atoms with E-state index in [4.69, 9.17) is 11.6 Å². The van der Waals surface area contributed by atoms with Gasteiger partial charge in [0.2, 0.25) is 0 Å². The number of nitrogens with one attached hydrogen (secondary N) is 1. The number of anilines is 4. The Labute approximate surface area is 136 Å². The molecule has 1 aromatic heterocycles. The number of nitrogens with two attached hydrogens (primary N) is 2. The lowest BCUT2D eigenvalue weighted by atomic mass is 10.1. The fourth-order valence-electron chi connectivity index (χ4n) is 2.99. The largest absolute Gasteiger partial charge is 0.393 e. The van der Waals surface area contributed by atoms with Gasteiger partial charge in [-0.25, -0.2) is 15.8 Å². The predicted molar refractivity (Wildman–Crippen MR) is 94.6 cm³/mol. The zero-order valence-corrected chi connectivity index (χ0v) is 13.6. The Kier molecular flexibility index (Phi) is 4.20. The van der Waals surface area contributed by atoms with Crippen molar-refractivity contribution in [3.8, 4) is 0 Å². The molecule has 1 fully saturated rings. The lowest BCUT2D eigenvalue weighted by Crippen LogP contribution is -2.47. The number of rotatable bonds is 3. The van der Waals surface area contributed by atoms with Crippen LogP contribution < -0.4 is 26.8 Å². The molecule has 23 heavy (non-hydrogen) atoms. The Morgan fingerprint density at radius 2 is 1.74 bits per heavy atom. The molecule has 1 saturated heterocycles. The van der Waals surface area contributed by atoms with Gasteiger partial charge in [-0.2, -0.15) is 0 Å². The molecule has 2 heterocycles.